The summed E-state index contributed by atoms with van der Waals surface area (Å²) in [5, 5.41) is 9.00. The maximum atomic E-state index is 11.7. The van der Waals surface area contributed by atoms with Crippen molar-refractivity contribution in [3.05, 3.63) is 11.1 Å². The van der Waals surface area contributed by atoms with Crippen molar-refractivity contribution in [1.29, 1.82) is 0 Å². The number of aliphatic carboxylic acids is 1. The molecular weight excluding hydrogens is 208 g/mol. The summed E-state index contributed by atoms with van der Waals surface area (Å²) in [6.07, 6.45) is 1.52. The normalized spacial score (nSPS) is 11.8. The lowest BCUT2D eigenvalue weighted by Gasteiger charge is -2.13. The predicted molar refractivity (Wildman–Crippen MR) is 61.1 cm³/mol. The Morgan fingerprint density at radius 1 is 1.19 bits per heavy atom. The van der Waals surface area contributed by atoms with Crippen LogP contribution in [0.15, 0.2) is 11.1 Å². The van der Waals surface area contributed by atoms with Crippen LogP contribution in [0.2, 0.25) is 0 Å². The van der Waals surface area contributed by atoms with Gasteiger partial charge in [-0.05, 0) is 31.8 Å². The average molecular weight is 228 g/mol. The van der Waals surface area contributed by atoms with Crippen molar-refractivity contribution in [3.63, 3.8) is 0 Å². The summed E-state index contributed by atoms with van der Waals surface area (Å²) in [6, 6.07) is 0. The van der Waals surface area contributed by atoms with Gasteiger partial charge in [0.25, 0.3) is 0 Å². The molecule has 0 saturated heterocycles. The fourth-order valence-electron chi connectivity index (χ4n) is 1.31. The summed E-state index contributed by atoms with van der Waals surface area (Å²) in [5.41, 5.74) is 0.422. The third kappa shape index (κ3) is 4.04. The Labute approximate surface area is 96.3 Å². The second-order valence-electron chi connectivity index (χ2n) is 3.61. The maximum absolute atomic E-state index is 11.7. The molecule has 0 aromatic heterocycles. The molecule has 0 aromatic carbocycles. The van der Waals surface area contributed by atoms with E-state index in [0.29, 0.717) is 24.8 Å². The van der Waals surface area contributed by atoms with Gasteiger partial charge in [-0.25, -0.2) is 9.59 Å². The molecule has 0 saturated carbocycles. The SMILES string of the molecule is CCC(CC)=C(C(=O)O)C(=O)OC(C)CC. The van der Waals surface area contributed by atoms with Crippen LogP contribution in [0.4, 0.5) is 0 Å². The summed E-state index contributed by atoms with van der Waals surface area (Å²) in [6.45, 7) is 7.29. The van der Waals surface area contributed by atoms with E-state index in [1.165, 1.54) is 0 Å². The number of carboxylic acids is 1. The van der Waals surface area contributed by atoms with Crippen molar-refractivity contribution >= 4 is 11.9 Å². The van der Waals surface area contributed by atoms with Gasteiger partial charge in [0.05, 0.1) is 6.10 Å². The van der Waals surface area contributed by atoms with E-state index in [4.69, 9.17) is 9.84 Å². The lowest BCUT2D eigenvalue weighted by molar-refractivity contribution is -0.147. The zero-order chi connectivity index (χ0) is 12.7. The molecular formula is C12H20O4. The van der Waals surface area contributed by atoms with Gasteiger partial charge in [0.1, 0.15) is 5.57 Å². The van der Waals surface area contributed by atoms with Gasteiger partial charge in [0.15, 0.2) is 0 Å². The Bertz CT molecular complexity index is 285. The Morgan fingerprint density at radius 3 is 2.00 bits per heavy atom. The zero-order valence-corrected chi connectivity index (χ0v) is 10.4. The summed E-state index contributed by atoms with van der Waals surface area (Å²) in [7, 11) is 0. The minimum Gasteiger partial charge on any atom is -0.477 e. The van der Waals surface area contributed by atoms with Crippen LogP contribution in [0.5, 0.6) is 0 Å². The van der Waals surface area contributed by atoms with E-state index in [-0.39, 0.29) is 11.7 Å². The lowest BCUT2D eigenvalue weighted by Crippen LogP contribution is -2.21. The number of hydrogen-bond donors (Lipinski definition) is 1. The van der Waals surface area contributed by atoms with Crippen molar-refractivity contribution in [2.75, 3.05) is 0 Å². The van der Waals surface area contributed by atoms with Gasteiger partial charge in [-0.15, -0.1) is 0 Å². The van der Waals surface area contributed by atoms with Gasteiger partial charge in [-0.1, -0.05) is 20.8 Å². The fraction of sp³-hybridized carbons (Fsp3) is 0.667. The van der Waals surface area contributed by atoms with Crippen LogP contribution in [0.25, 0.3) is 0 Å². The number of carboxylic acid groups (broad SMARTS) is 1. The molecule has 4 heteroatoms. The molecule has 1 atom stereocenters. The molecule has 0 amide bonds. The fourth-order valence-corrected chi connectivity index (χ4v) is 1.31. The molecule has 0 radical (unpaired) electrons. The standard InChI is InChI=1S/C12H20O4/c1-5-8(4)16-12(15)10(11(13)14)9(6-2)7-3/h8H,5-7H2,1-4H3,(H,13,14). The Morgan fingerprint density at radius 2 is 1.69 bits per heavy atom. The van der Waals surface area contributed by atoms with Crippen LogP contribution in [0.3, 0.4) is 0 Å². The molecule has 0 spiro atoms. The molecule has 4 nitrogen and oxygen atoms in total. The first-order chi connectivity index (χ1) is 7.47. The molecule has 0 heterocycles. The predicted octanol–water partition coefficient (Wildman–Crippen LogP) is 2.53. The first-order valence-electron chi connectivity index (χ1n) is 5.64. The third-order valence-corrected chi connectivity index (χ3v) is 2.51. The molecule has 92 valence electrons. The minimum atomic E-state index is -1.20. The Hall–Kier alpha value is -1.32. The Balaban J connectivity index is 5.00. The monoisotopic (exact) mass is 228 g/mol. The van der Waals surface area contributed by atoms with Crippen molar-refractivity contribution in [2.24, 2.45) is 0 Å². The first kappa shape index (κ1) is 14.7. The van der Waals surface area contributed by atoms with Crippen LogP contribution in [-0.4, -0.2) is 23.1 Å². The molecule has 16 heavy (non-hydrogen) atoms. The van der Waals surface area contributed by atoms with E-state index in [9.17, 15) is 9.59 Å². The molecule has 1 unspecified atom stereocenters. The highest BCUT2D eigenvalue weighted by molar-refractivity contribution is 6.14. The van der Waals surface area contributed by atoms with Crippen molar-refractivity contribution in [3.8, 4) is 0 Å². The molecule has 0 fully saturated rings. The van der Waals surface area contributed by atoms with Gasteiger partial charge in [0.2, 0.25) is 0 Å². The largest absolute Gasteiger partial charge is 0.477 e. The van der Waals surface area contributed by atoms with E-state index < -0.39 is 11.9 Å². The second kappa shape index (κ2) is 7.04. The Kier molecular flexibility index (Phi) is 6.46. The van der Waals surface area contributed by atoms with Gasteiger partial charge in [0, 0.05) is 0 Å². The topological polar surface area (TPSA) is 63.6 Å². The van der Waals surface area contributed by atoms with Gasteiger partial charge < -0.3 is 9.84 Å². The minimum absolute atomic E-state index is 0.203. The number of rotatable bonds is 6. The van der Waals surface area contributed by atoms with Gasteiger partial charge >= 0.3 is 11.9 Å². The lowest BCUT2D eigenvalue weighted by atomic mass is 10.0. The number of esters is 1. The van der Waals surface area contributed by atoms with Gasteiger partial charge in [-0.3, -0.25) is 0 Å². The highest BCUT2D eigenvalue weighted by atomic mass is 16.5. The number of allylic oxidation sites excluding steroid dienone is 1. The quantitative estimate of drug-likeness (QED) is 0.328. The van der Waals surface area contributed by atoms with Crippen molar-refractivity contribution < 1.29 is 19.4 Å². The smallest absolute Gasteiger partial charge is 0.345 e. The van der Waals surface area contributed by atoms with E-state index in [0.717, 1.165) is 0 Å². The van der Waals surface area contributed by atoms with E-state index in [1.54, 1.807) is 6.92 Å². The van der Waals surface area contributed by atoms with Crippen LogP contribution in [-0.2, 0) is 14.3 Å². The summed E-state index contributed by atoms with van der Waals surface area (Å²) in [5.74, 6) is -1.92. The first-order valence-corrected chi connectivity index (χ1v) is 5.64. The highest BCUT2D eigenvalue weighted by Crippen LogP contribution is 2.15. The van der Waals surface area contributed by atoms with E-state index in [1.807, 2.05) is 20.8 Å². The molecule has 0 aromatic rings. The molecule has 0 aliphatic heterocycles. The molecule has 1 N–H and O–H groups in total. The number of carbonyl (C=O) groups excluding carboxylic acids is 1. The number of carbonyl (C=O) groups is 2. The van der Waals surface area contributed by atoms with Crippen LogP contribution in [0, 0.1) is 0 Å². The summed E-state index contributed by atoms with van der Waals surface area (Å²) >= 11 is 0. The molecule has 0 rings (SSSR count). The summed E-state index contributed by atoms with van der Waals surface area (Å²) < 4.78 is 5.03. The van der Waals surface area contributed by atoms with Crippen LogP contribution < -0.4 is 0 Å². The number of hydrogen-bond acceptors (Lipinski definition) is 3. The average Bonchev–Trinajstić information content (AvgIpc) is 2.24. The zero-order valence-electron chi connectivity index (χ0n) is 10.4. The van der Waals surface area contributed by atoms with E-state index >= 15 is 0 Å². The van der Waals surface area contributed by atoms with Crippen LogP contribution in [0.1, 0.15) is 47.0 Å². The second-order valence-corrected chi connectivity index (χ2v) is 3.61. The summed E-state index contributed by atoms with van der Waals surface area (Å²) in [4.78, 5) is 22.7. The maximum Gasteiger partial charge on any atom is 0.345 e. The molecule has 0 aliphatic carbocycles. The van der Waals surface area contributed by atoms with Crippen molar-refractivity contribution in [2.45, 2.75) is 53.1 Å². The molecule has 0 aliphatic rings. The third-order valence-electron chi connectivity index (χ3n) is 2.51. The number of ether oxygens (including phenoxy) is 1. The van der Waals surface area contributed by atoms with Crippen LogP contribution >= 0.6 is 0 Å². The van der Waals surface area contributed by atoms with Crippen molar-refractivity contribution in [1.82, 2.24) is 0 Å². The molecule has 0 bridgehead atoms. The highest BCUT2D eigenvalue weighted by Gasteiger charge is 2.23. The van der Waals surface area contributed by atoms with Gasteiger partial charge in [-0.2, -0.15) is 0 Å². The van der Waals surface area contributed by atoms with E-state index in [2.05, 4.69) is 0 Å².